The van der Waals surface area contributed by atoms with E-state index in [1.165, 1.54) is 17.5 Å². The lowest BCUT2D eigenvalue weighted by Gasteiger charge is -2.10. The summed E-state index contributed by atoms with van der Waals surface area (Å²) >= 11 is 6.28. The number of fused-ring (bicyclic) bond motifs is 1. The normalized spacial score (nSPS) is 13.4. The molecule has 0 spiro atoms. The predicted molar refractivity (Wildman–Crippen MR) is 83.0 cm³/mol. The van der Waals surface area contributed by atoms with Crippen molar-refractivity contribution >= 4 is 22.6 Å². The summed E-state index contributed by atoms with van der Waals surface area (Å²) in [5.74, 6) is 1.52. The van der Waals surface area contributed by atoms with Crippen LogP contribution >= 0.6 is 11.6 Å². The summed E-state index contributed by atoms with van der Waals surface area (Å²) in [6.45, 7) is 9.62. The second kappa shape index (κ2) is 5.96. The monoisotopic (exact) mass is 278 g/mol. The maximum absolute atomic E-state index is 6.28. The molecule has 0 saturated heterocycles. The third kappa shape index (κ3) is 2.94. The molecular weight excluding hydrogens is 256 g/mol. The second-order valence-corrected chi connectivity index (χ2v) is 6.15. The van der Waals surface area contributed by atoms with Crippen molar-refractivity contribution in [2.24, 2.45) is 0 Å². The molecule has 0 bridgehead atoms. The van der Waals surface area contributed by atoms with Gasteiger partial charge in [0.25, 0.3) is 0 Å². The first-order valence-electron chi connectivity index (χ1n) is 7.18. The van der Waals surface area contributed by atoms with Gasteiger partial charge in [0.2, 0.25) is 0 Å². The lowest BCUT2D eigenvalue weighted by molar-refractivity contribution is 0.616. The maximum Gasteiger partial charge on any atom is 0.127 e. The first-order chi connectivity index (χ1) is 9.04. The van der Waals surface area contributed by atoms with E-state index in [1.807, 2.05) is 6.92 Å². The lowest BCUT2D eigenvalue weighted by atomic mass is 10.0. The number of rotatable bonds is 5. The van der Waals surface area contributed by atoms with Crippen LogP contribution in [0, 0.1) is 0 Å². The standard InChI is InChI=1S/C16H23ClN2/c1-5-6-9-19-15-8-7-13(11(2)3)10-14(15)18-16(19)12(4)17/h7-8,10-12H,5-6,9H2,1-4H3. The molecular formula is C16H23ClN2. The molecule has 0 radical (unpaired) electrons. The molecule has 0 aliphatic rings. The van der Waals surface area contributed by atoms with Gasteiger partial charge in [0, 0.05) is 6.54 Å². The van der Waals surface area contributed by atoms with E-state index < -0.39 is 0 Å². The lowest BCUT2D eigenvalue weighted by Crippen LogP contribution is -2.04. The molecule has 0 aliphatic heterocycles. The van der Waals surface area contributed by atoms with Gasteiger partial charge in [0.1, 0.15) is 5.82 Å². The molecule has 1 atom stereocenters. The van der Waals surface area contributed by atoms with E-state index in [-0.39, 0.29) is 5.38 Å². The van der Waals surface area contributed by atoms with Crippen molar-refractivity contribution in [2.45, 2.75) is 58.4 Å². The molecule has 0 fully saturated rings. The van der Waals surface area contributed by atoms with Crippen LogP contribution in [0.4, 0.5) is 0 Å². The van der Waals surface area contributed by atoms with Crippen LogP contribution in [0.1, 0.15) is 63.2 Å². The van der Waals surface area contributed by atoms with E-state index in [0.29, 0.717) is 5.92 Å². The Balaban J connectivity index is 2.53. The van der Waals surface area contributed by atoms with Crippen molar-refractivity contribution in [3.05, 3.63) is 29.6 Å². The Hall–Kier alpha value is -1.02. The fourth-order valence-electron chi connectivity index (χ4n) is 2.38. The smallest absolute Gasteiger partial charge is 0.127 e. The molecule has 1 heterocycles. The minimum Gasteiger partial charge on any atom is -0.327 e. The molecule has 3 heteroatoms. The fraction of sp³-hybridized carbons (Fsp3) is 0.562. The third-order valence-electron chi connectivity index (χ3n) is 3.56. The van der Waals surface area contributed by atoms with Crippen molar-refractivity contribution < 1.29 is 0 Å². The SMILES string of the molecule is CCCCn1c(C(C)Cl)nc2cc(C(C)C)ccc21. The van der Waals surface area contributed by atoms with Crippen LogP contribution in [0.2, 0.25) is 0 Å². The van der Waals surface area contributed by atoms with Crippen LogP contribution in [-0.2, 0) is 6.54 Å². The molecule has 19 heavy (non-hydrogen) atoms. The number of hydrogen-bond acceptors (Lipinski definition) is 1. The molecule has 0 N–H and O–H groups in total. The van der Waals surface area contributed by atoms with Gasteiger partial charge in [-0.1, -0.05) is 33.3 Å². The number of benzene rings is 1. The largest absolute Gasteiger partial charge is 0.327 e. The number of imidazole rings is 1. The number of halogens is 1. The Bertz CT molecular complexity index is 555. The summed E-state index contributed by atoms with van der Waals surface area (Å²) < 4.78 is 2.28. The highest BCUT2D eigenvalue weighted by Crippen LogP contribution is 2.27. The van der Waals surface area contributed by atoms with Gasteiger partial charge >= 0.3 is 0 Å². The van der Waals surface area contributed by atoms with E-state index in [2.05, 4.69) is 43.5 Å². The summed E-state index contributed by atoms with van der Waals surface area (Å²) in [4.78, 5) is 4.74. The summed E-state index contributed by atoms with van der Waals surface area (Å²) in [6, 6.07) is 6.60. The molecule has 2 nitrogen and oxygen atoms in total. The van der Waals surface area contributed by atoms with Crippen molar-refractivity contribution in [2.75, 3.05) is 0 Å². The molecule has 2 rings (SSSR count). The first kappa shape index (κ1) is 14.4. The van der Waals surface area contributed by atoms with Crippen molar-refractivity contribution in [3.63, 3.8) is 0 Å². The van der Waals surface area contributed by atoms with Crippen LogP contribution in [0.3, 0.4) is 0 Å². The Morgan fingerprint density at radius 2 is 2.00 bits per heavy atom. The van der Waals surface area contributed by atoms with E-state index in [0.717, 1.165) is 24.3 Å². The molecule has 0 aliphatic carbocycles. The van der Waals surface area contributed by atoms with Gasteiger partial charge in [0.15, 0.2) is 0 Å². The minimum absolute atomic E-state index is 0.0493. The van der Waals surface area contributed by atoms with Crippen molar-refractivity contribution in [1.29, 1.82) is 0 Å². The zero-order valence-corrected chi connectivity index (χ0v) is 13.0. The quantitative estimate of drug-likeness (QED) is 0.682. The fourth-order valence-corrected chi connectivity index (χ4v) is 2.55. The van der Waals surface area contributed by atoms with Gasteiger partial charge in [-0.2, -0.15) is 0 Å². The highest BCUT2D eigenvalue weighted by atomic mass is 35.5. The second-order valence-electron chi connectivity index (χ2n) is 5.49. The van der Waals surface area contributed by atoms with E-state index in [9.17, 15) is 0 Å². The number of aryl methyl sites for hydroxylation is 1. The Kier molecular flexibility index (Phi) is 4.51. The van der Waals surface area contributed by atoms with E-state index in [4.69, 9.17) is 16.6 Å². The highest BCUT2D eigenvalue weighted by molar-refractivity contribution is 6.20. The number of unbranched alkanes of at least 4 members (excludes halogenated alkanes) is 1. The summed E-state index contributed by atoms with van der Waals surface area (Å²) in [5.41, 5.74) is 3.62. The molecule has 1 aromatic carbocycles. The molecule has 1 aromatic heterocycles. The van der Waals surface area contributed by atoms with E-state index >= 15 is 0 Å². The van der Waals surface area contributed by atoms with Gasteiger partial charge in [-0.05, 0) is 37.0 Å². The van der Waals surface area contributed by atoms with Crippen LogP contribution in [0.5, 0.6) is 0 Å². The van der Waals surface area contributed by atoms with Gasteiger partial charge in [-0.15, -0.1) is 11.6 Å². The first-order valence-corrected chi connectivity index (χ1v) is 7.62. The average Bonchev–Trinajstić information content (AvgIpc) is 2.74. The Morgan fingerprint density at radius 1 is 1.26 bits per heavy atom. The Labute approximate surface area is 120 Å². The van der Waals surface area contributed by atoms with Gasteiger partial charge in [0.05, 0.1) is 16.4 Å². The van der Waals surface area contributed by atoms with Gasteiger partial charge in [-0.25, -0.2) is 4.98 Å². The summed E-state index contributed by atoms with van der Waals surface area (Å²) in [6.07, 6.45) is 2.34. The zero-order chi connectivity index (χ0) is 14.0. The van der Waals surface area contributed by atoms with Crippen LogP contribution in [0.15, 0.2) is 18.2 Å². The molecule has 104 valence electrons. The Morgan fingerprint density at radius 3 is 2.58 bits per heavy atom. The van der Waals surface area contributed by atoms with Crippen molar-refractivity contribution in [1.82, 2.24) is 9.55 Å². The maximum atomic E-state index is 6.28. The van der Waals surface area contributed by atoms with Gasteiger partial charge in [-0.3, -0.25) is 0 Å². The number of hydrogen-bond donors (Lipinski definition) is 0. The van der Waals surface area contributed by atoms with Crippen LogP contribution < -0.4 is 0 Å². The van der Waals surface area contributed by atoms with Crippen LogP contribution in [-0.4, -0.2) is 9.55 Å². The number of aromatic nitrogens is 2. The molecule has 0 amide bonds. The number of alkyl halides is 1. The van der Waals surface area contributed by atoms with E-state index in [1.54, 1.807) is 0 Å². The molecule has 2 aromatic rings. The average molecular weight is 279 g/mol. The van der Waals surface area contributed by atoms with Gasteiger partial charge < -0.3 is 4.57 Å². The third-order valence-corrected chi connectivity index (χ3v) is 3.75. The highest BCUT2D eigenvalue weighted by Gasteiger charge is 2.15. The van der Waals surface area contributed by atoms with Crippen LogP contribution in [0.25, 0.3) is 11.0 Å². The number of nitrogens with zero attached hydrogens (tertiary/aromatic N) is 2. The van der Waals surface area contributed by atoms with Crippen molar-refractivity contribution in [3.8, 4) is 0 Å². The topological polar surface area (TPSA) is 17.8 Å². The minimum atomic E-state index is -0.0493. The summed E-state index contributed by atoms with van der Waals surface area (Å²) in [7, 11) is 0. The predicted octanol–water partition coefficient (Wildman–Crippen LogP) is 5.26. The summed E-state index contributed by atoms with van der Waals surface area (Å²) in [5, 5.41) is -0.0493. The zero-order valence-electron chi connectivity index (χ0n) is 12.3. The molecule has 0 saturated carbocycles. The molecule has 1 unspecified atom stereocenters.